The number of anilines is 1. The summed E-state index contributed by atoms with van der Waals surface area (Å²) in [5, 5.41) is 8.74. The average Bonchev–Trinajstić information content (AvgIpc) is 2.32. The number of aliphatic hydroxyl groups excluding tert-OH is 1. The first kappa shape index (κ1) is 15.1. The number of halogens is 2. The lowest BCUT2D eigenvalue weighted by Crippen LogP contribution is -2.40. The van der Waals surface area contributed by atoms with Crippen LogP contribution < -0.4 is 11.3 Å². The van der Waals surface area contributed by atoms with E-state index in [0.717, 1.165) is 9.47 Å². The molecule has 1 aromatic heterocycles. The van der Waals surface area contributed by atoms with Crippen LogP contribution in [0, 0.1) is 0 Å². The number of carbonyl (C=O) groups excluding carboxylic acids is 1. The summed E-state index contributed by atoms with van der Waals surface area (Å²) in [5.74, 6) is -0.679. The molecular formula is C11H15F2N3O3. The first-order chi connectivity index (χ1) is 8.93. The largest absolute Gasteiger partial charge is 0.398 e. The molecule has 1 rings (SSSR count). The first-order valence-electron chi connectivity index (χ1n) is 5.56. The summed E-state index contributed by atoms with van der Waals surface area (Å²) in [6, 6.07) is 2.57. The van der Waals surface area contributed by atoms with Gasteiger partial charge in [-0.2, -0.15) is 0 Å². The van der Waals surface area contributed by atoms with E-state index in [-0.39, 0.29) is 12.2 Å². The van der Waals surface area contributed by atoms with Gasteiger partial charge in [-0.1, -0.05) is 0 Å². The van der Waals surface area contributed by atoms with Crippen LogP contribution in [0.5, 0.6) is 0 Å². The number of aromatic nitrogens is 1. The van der Waals surface area contributed by atoms with Crippen LogP contribution >= 0.6 is 0 Å². The van der Waals surface area contributed by atoms with Gasteiger partial charge in [-0.25, -0.2) is 8.78 Å². The van der Waals surface area contributed by atoms with E-state index in [4.69, 9.17) is 10.8 Å². The molecule has 0 fully saturated rings. The number of hydrogen-bond donors (Lipinski definition) is 2. The summed E-state index contributed by atoms with van der Waals surface area (Å²) >= 11 is 0. The fraction of sp³-hybridized carbons (Fsp3) is 0.455. The Hall–Kier alpha value is -1.96. The van der Waals surface area contributed by atoms with Gasteiger partial charge < -0.3 is 20.3 Å². The number of aliphatic hydroxyl groups is 1. The number of pyridine rings is 1. The highest BCUT2D eigenvalue weighted by Gasteiger charge is 2.18. The molecule has 1 amide bonds. The summed E-state index contributed by atoms with van der Waals surface area (Å²) in [7, 11) is 0. The van der Waals surface area contributed by atoms with E-state index < -0.39 is 37.6 Å². The zero-order valence-corrected chi connectivity index (χ0v) is 10.1. The van der Waals surface area contributed by atoms with Gasteiger partial charge in [-0.05, 0) is 6.07 Å². The topological polar surface area (TPSA) is 88.6 Å². The summed E-state index contributed by atoms with van der Waals surface area (Å²) in [5.41, 5.74) is 5.31. The smallest absolute Gasteiger partial charge is 0.255 e. The molecule has 0 bridgehead atoms. The number of hydrogen-bond acceptors (Lipinski definition) is 4. The minimum absolute atomic E-state index is 0.208. The Morgan fingerprint density at radius 2 is 2.16 bits per heavy atom. The second-order valence-corrected chi connectivity index (χ2v) is 3.88. The van der Waals surface area contributed by atoms with Gasteiger partial charge in [0, 0.05) is 24.5 Å². The van der Waals surface area contributed by atoms with Gasteiger partial charge in [0.15, 0.2) is 0 Å². The molecule has 0 aliphatic carbocycles. The number of nitrogens with two attached hydrogens (primary N) is 1. The third-order valence-corrected chi connectivity index (χ3v) is 2.39. The Kier molecular flexibility index (Phi) is 5.43. The molecule has 0 unspecified atom stereocenters. The normalized spacial score (nSPS) is 10.7. The van der Waals surface area contributed by atoms with Crippen LogP contribution in [-0.2, 0) is 11.3 Å². The van der Waals surface area contributed by atoms with Crippen LogP contribution in [0.4, 0.5) is 14.5 Å². The van der Waals surface area contributed by atoms with E-state index in [9.17, 15) is 18.4 Å². The second kappa shape index (κ2) is 6.83. The minimum Gasteiger partial charge on any atom is -0.398 e. The molecule has 0 aliphatic rings. The number of alkyl halides is 2. The van der Waals surface area contributed by atoms with E-state index in [2.05, 4.69) is 0 Å². The van der Waals surface area contributed by atoms with E-state index >= 15 is 0 Å². The Bertz CT molecular complexity index is 490. The van der Waals surface area contributed by atoms with Gasteiger partial charge in [0.05, 0.1) is 13.2 Å². The fourth-order valence-electron chi connectivity index (χ4n) is 1.52. The lowest BCUT2D eigenvalue weighted by Gasteiger charge is -2.21. The summed E-state index contributed by atoms with van der Waals surface area (Å²) in [6.07, 6.45) is -1.44. The minimum atomic E-state index is -2.70. The molecule has 0 aliphatic heterocycles. The van der Waals surface area contributed by atoms with Gasteiger partial charge in [-0.3, -0.25) is 9.59 Å². The summed E-state index contributed by atoms with van der Waals surface area (Å²) in [6.45, 7) is -1.81. The molecule has 19 heavy (non-hydrogen) atoms. The van der Waals surface area contributed by atoms with Crippen LogP contribution in [-0.4, -0.2) is 46.6 Å². The maximum Gasteiger partial charge on any atom is 0.255 e. The van der Waals surface area contributed by atoms with E-state index in [1.165, 1.54) is 18.3 Å². The molecule has 3 N–H and O–H groups in total. The Morgan fingerprint density at radius 3 is 2.74 bits per heavy atom. The van der Waals surface area contributed by atoms with Crippen LogP contribution in [0.2, 0.25) is 0 Å². The SMILES string of the molecule is Nc1ccc(=O)n(CC(=O)N(CCO)CC(F)F)c1. The Labute approximate surface area is 108 Å². The maximum atomic E-state index is 12.3. The van der Waals surface area contributed by atoms with Crippen LogP contribution in [0.3, 0.4) is 0 Å². The zero-order chi connectivity index (χ0) is 14.4. The molecule has 1 aromatic rings. The van der Waals surface area contributed by atoms with E-state index in [1.54, 1.807) is 0 Å². The van der Waals surface area contributed by atoms with Crippen LogP contribution in [0.15, 0.2) is 23.1 Å². The van der Waals surface area contributed by atoms with Crippen molar-refractivity contribution >= 4 is 11.6 Å². The number of amides is 1. The highest BCUT2D eigenvalue weighted by atomic mass is 19.3. The van der Waals surface area contributed by atoms with Crippen molar-refractivity contribution in [1.82, 2.24) is 9.47 Å². The van der Waals surface area contributed by atoms with Crippen molar-refractivity contribution in [2.45, 2.75) is 13.0 Å². The molecular weight excluding hydrogens is 260 g/mol. The standard InChI is InChI=1S/C11H15F2N3O3/c12-9(13)6-15(3-4-17)11(19)7-16-5-8(14)1-2-10(16)18/h1-2,5,9,17H,3-4,6-7,14H2. The Morgan fingerprint density at radius 1 is 1.47 bits per heavy atom. The lowest BCUT2D eigenvalue weighted by atomic mass is 10.4. The number of nitrogens with zero attached hydrogens (tertiary/aromatic N) is 2. The molecule has 0 aromatic carbocycles. The fourth-order valence-corrected chi connectivity index (χ4v) is 1.52. The molecule has 6 nitrogen and oxygen atoms in total. The van der Waals surface area contributed by atoms with Gasteiger partial charge in [0.25, 0.3) is 12.0 Å². The zero-order valence-electron chi connectivity index (χ0n) is 10.1. The van der Waals surface area contributed by atoms with Gasteiger partial charge >= 0.3 is 0 Å². The summed E-state index contributed by atoms with van der Waals surface area (Å²) < 4.78 is 25.6. The number of rotatable bonds is 6. The van der Waals surface area contributed by atoms with Crippen LogP contribution in [0.25, 0.3) is 0 Å². The van der Waals surface area contributed by atoms with Crippen molar-refractivity contribution in [2.24, 2.45) is 0 Å². The predicted octanol–water partition coefficient (Wildman–Crippen LogP) is -0.483. The van der Waals surface area contributed by atoms with E-state index in [0.29, 0.717) is 0 Å². The molecule has 8 heteroatoms. The van der Waals surface area contributed by atoms with Crippen molar-refractivity contribution in [3.8, 4) is 0 Å². The molecule has 106 valence electrons. The molecule has 0 atom stereocenters. The van der Waals surface area contributed by atoms with Crippen molar-refractivity contribution in [3.05, 3.63) is 28.7 Å². The van der Waals surface area contributed by atoms with Gasteiger partial charge in [0.1, 0.15) is 6.54 Å². The molecule has 0 spiro atoms. The predicted molar refractivity (Wildman–Crippen MR) is 64.8 cm³/mol. The van der Waals surface area contributed by atoms with Gasteiger partial charge in [0.2, 0.25) is 5.91 Å². The maximum absolute atomic E-state index is 12.3. The van der Waals surface area contributed by atoms with E-state index in [1.807, 2.05) is 0 Å². The second-order valence-electron chi connectivity index (χ2n) is 3.88. The average molecular weight is 275 g/mol. The van der Waals surface area contributed by atoms with Crippen molar-refractivity contribution in [2.75, 3.05) is 25.4 Å². The van der Waals surface area contributed by atoms with Crippen molar-refractivity contribution in [1.29, 1.82) is 0 Å². The van der Waals surface area contributed by atoms with Crippen LogP contribution in [0.1, 0.15) is 0 Å². The first-order valence-corrected chi connectivity index (χ1v) is 5.56. The molecule has 1 heterocycles. The third-order valence-electron chi connectivity index (χ3n) is 2.39. The molecule has 0 saturated heterocycles. The molecule has 0 saturated carbocycles. The highest BCUT2D eigenvalue weighted by molar-refractivity contribution is 5.76. The third kappa shape index (κ3) is 4.66. The quantitative estimate of drug-likeness (QED) is 0.733. The highest BCUT2D eigenvalue weighted by Crippen LogP contribution is 2.01. The number of carbonyl (C=O) groups is 1. The summed E-state index contributed by atoms with van der Waals surface area (Å²) in [4.78, 5) is 24.0. The van der Waals surface area contributed by atoms with Crippen molar-refractivity contribution in [3.63, 3.8) is 0 Å². The Balaban J connectivity index is 2.80. The van der Waals surface area contributed by atoms with Gasteiger partial charge in [-0.15, -0.1) is 0 Å². The lowest BCUT2D eigenvalue weighted by molar-refractivity contribution is -0.134. The van der Waals surface area contributed by atoms with Crippen molar-refractivity contribution < 1.29 is 18.7 Å². The monoisotopic (exact) mass is 275 g/mol. The molecule has 0 radical (unpaired) electrons. The number of nitrogen functional groups attached to an aromatic ring is 1.